The maximum absolute atomic E-state index is 12.9. The first-order valence-corrected chi connectivity index (χ1v) is 34.7. The Bertz CT molecular complexity index is 1750. The van der Waals surface area contributed by atoms with E-state index in [0.717, 1.165) is 128 Å². The molecule has 1 unspecified atom stereocenters. The highest BCUT2D eigenvalue weighted by molar-refractivity contribution is 5.71. The molecule has 1 atom stereocenters. The normalized spacial score (nSPS) is 13.0. The Hall–Kier alpha value is -4.45. The Balaban J connectivity index is 4.15. The van der Waals surface area contributed by atoms with Gasteiger partial charge in [-0.15, -0.1) is 0 Å². The van der Waals surface area contributed by atoms with E-state index >= 15 is 0 Å². The van der Waals surface area contributed by atoms with Gasteiger partial charge in [-0.25, -0.2) is 0 Å². The molecule has 6 nitrogen and oxygen atoms in total. The summed E-state index contributed by atoms with van der Waals surface area (Å²) in [6.45, 7) is 6.48. The maximum Gasteiger partial charge on any atom is 0.306 e. The molecule has 6 heteroatoms. The highest BCUT2D eigenvalue weighted by atomic mass is 16.6. The molecule has 0 saturated carbocycles. The van der Waals surface area contributed by atoms with E-state index in [2.05, 4.69) is 154 Å². The van der Waals surface area contributed by atoms with Gasteiger partial charge in [0.2, 0.25) is 0 Å². The minimum Gasteiger partial charge on any atom is -0.462 e. The summed E-state index contributed by atoms with van der Waals surface area (Å²) in [6.07, 6.45) is 99.2. The van der Waals surface area contributed by atoms with Crippen molar-refractivity contribution in [2.24, 2.45) is 0 Å². The summed E-state index contributed by atoms with van der Waals surface area (Å²) >= 11 is 0. The van der Waals surface area contributed by atoms with E-state index in [4.69, 9.17) is 14.2 Å². The second kappa shape index (κ2) is 70.0. The van der Waals surface area contributed by atoms with Crippen LogP contribution in [-0.4, -0.2) is 37.2 Å². The Morgan fingerprint density at radius 3 is 0.735 bits per heavy atom. The highest BCUT2D eigenvalue weighted by Crippen LogP contribution is 2.16. The molecule has 0 aromatic rings. The number of ether oxygens (including phenoxy) is 3. The lowest BCUT2D eigenvalue weighted by atomic mass is 10.0. The monoisotopic (exact) mass is 1150 g/mol. The van der Waals surface area contributed by atoms with Crippen LogP contribution >= 0.6 is 0 Å². The van der Waals surface area contributed by atoms with E-state index in [1.807, 2.05) is 0 Å². The second-order valence-electron chi connectivity index (χ2n) is 22.7. The minimum absolute atomic E-state index is 0.0831. The molecule has 0 radical (unpaired) electrons. The standard InChI is InChI=1S/C77H128O6/c1-4-7-10-13-16-18-20-22-24-26-28-30-32-34-35-36-37-38-39-40-41-43-44-46-48-50-52-54-56-58-61-64-67-70-76(79)82-73-74(72-81-75(78)69-66-63-60-15-12-9-6-3)83-77(80)71-68-65-62-59-57-55-53-51-49-47-45-42-33-31-29-27-25-23-21-19-17-14-11-8-5-2/h7,10,16,18,21-24,27-30,33-35,37-38,40-42,44,46,74H,4-6,8-9,11-15,17,19-20,25-26,31-32,36,39,43,45,47-73H2,1-3H3/b10-7-,18-16-,23-21-,24-22-,29-27-,30-28-,35-34-,38-37-,41-40-,42-33-,46-44-. The maximum atomic E-state index is 12.9. The van der Waals surface area contributed by atoms with E-state index in [0.29, 0.717) is 19.3 Å². The smallest absolute Gasteiger partial charge is 0.306 e. The molecule has 0 amide bonds. The molecular weight excluding hydrogens is 1020 g/mol. The third kappa shape index (κ3) is 68.2. The predicted octanol–water partition coefficient (Wildman–Crippen LogP) is 24.1. The molecule has 0 aromatic carbocycles. The lowest BCUT2D eigenvalue weighted by molar-refractivity contribution is -0.167. The first-order chi connectivity index (χ1) is 41.0. The van der Waals surface area contributed by atoms with Crippen molar-refractivity contribution < 1.29 is 28.6 Å². The zero-order valence-corrected chi connectivity index (χ0v) is 54.2. The number of allylic oxidation sites excluding steroid dienone is 22. The Labute approximate surface area is 513 Å². The van der Waals surface area contributed by atoms with Crippen LogP contribution in [0.5, 0.6) is 0 Å². The van der Waals surface area contributed by atoms with Crippen LogP contribution in [-0.2, 0) is 28.6 Å². The van der Waals surface area contributed by atoms with Gasteiger partial charge in [0.15, 0.2) is 6.10 Å². The van der Waals surface area contributed by atoms with Gasteiger partial charge in [0.1, 0.15) is 13.2 Å². The van der Waals surface area contributed by atoms with Gasteiger partial charge >= 0.3 is 17.9 Å². The minimum atomic E-state index is -0.786. The topological polar surface area (TPSA) is 78.9 Å². The molecule has 0 fully saturated rings. The van der Waals surface area contributed by atoms with Crippen molar-refractivity contribution >= 4 is 17.9 Å². The lowest BCUT2D eigenvalue weighted by Crippen LogP contribution is -2.30. The second-order valence-corrected chi connectivity index (χ2v) is 22.7. The molecule has 472 valence electrons. The van der Waals surface area contributed by atoms with E-state index in [9.17, 15) is 14.4 Å². The number of carbonyl (C=O) groups is 3. The average Bonchev–Trinajstić information content (AvgIpc) is 3.50. The third-order valence-corrected chi connectivity index (χ3v) is 14.6. The van der Waals surface area contributed by atoms with Crippen molar-refractivity contribution in [1.82, 2.24) is 0 Å². The average molecular weight is 1150 g/mol. The van der Waals surface area contributed by atoms with E-state index in [1.165, 1.54) is 148 Å². The summed E-state index contributed by atoms with van der Waals surface area (Å²) in [4.78, 5) is 38.2. The van der Waals surface area contributed by atoms with Crippen LogP contribution in [0.15, 0.2) is 134 Å². The van der Waals surface area contributed by atoms with Crippen LogP contribution in [0.2, 0.25) is 0 Å². The number of rotatable bonds is 62. The van der Waals surface area contributed by atoms with Crippen molar-refractivity contribution in [2.45, 2.75) is 322 Å². The summed E-state index contributed by atoms with van der Waals surface area (Å²) in [5, 5.41) is 0. The number of carbonyl (C=O) groups excluding carboxylic acids is 3. The summed E-state index contributed by atoms with van der Waals surface area (Å²) < 4.78 is 16.9. The lowest BCUT2D eigenvalue weighted by Gasteiger charge is -2.18. The molecule has 0 heterocycles. The van der Waals surface area contributed by atoms with Gasteiger partial charge in [-0.2, -0.15) is 0 Å². The fraction of sp³-hybridized carbons (Fsp3) is 0.675. The van der Waals surface area contributed by atoms with Crippen LogP contribution in [0, 0.1) is 0 Å². The fourth-order valence-corrected chi connectivity index (χ4v) is 9.47. The molecule has 0 bridgehead atoms. The van der Waals surface area contributed by atoms with Crippen molar-refractivity contribution in [1.29, 1.82) is 0 Å². The van der Waals surface area contributed by atoms with Crippen LogP contribution in [0.25, 0.3) is 0 Å². The summed E-state index contributed by atoms with van der Waals surface area (Å²) in [6, 6.07) is 0. The quantitative estimate of drug-likeness (QED) is 0.0261. The van der Waals surface area contributed by atoms with Crippen LogP contribution in [0.1, 0.15) is 316 Å². The largest absolute Gasteiger partial charge is 0.462 e. The van der Waals surface area contributed by atoms with Gasteiger partial charge in [-0.3, -0.25) is 14.4 Å². The van der Waals surface area contributed by atoms with Gasteiger partial charge in [-0.05, 0) is 122 Å². The Morgan fingerprint density at radius 2 is 0.470 bits per heavy atom. The Morgan fingerprint density at radius 1 is 0.253 bits per heavy atom. The molecule has 0 N–H and O–H groups in total. The van der Waals surface area contributed by atoms with Crippen LogP contribution < -0.4 is 0 Å². The van der Waals surface area contributed by atoms with Crippen molar-refractivity contribution in [3.63, 3.8) is 0 Å². The molecule has 0 aliphatic carbocycles. The van der Waals surface area contributed by atoms with E-state index in [1.54, 1.807) is 0 Å². The Kier molecular flexibility index (Phi) is 66.3. The van der Waals surface area contributed by atoms with Gasteiger partial charge < -0.3 is 14.2 Å². The zero-order chi connectivity index (χ0) is 59.9. The van der Waals surface area contributed by atoms with Crippen molar-refractivity contribution in [3.8, 4) is 0 Å². The first-order valence-electron chi connectivity index (χ1n) is 34.7. The van der Waals surface area contributed by atoms with Crippen LogP contribution in [0.4, 0.5) is 0 Å². The number of unbranched alkanes of at least 4 members (excludes halogenated alkanes) is 29. The number of hydrogen-bond donors (Lipinski definition) is 0. The first kappa shape index (κ1) is 78.5. The SMILES string of the molecule is CC/C=C\C/C=C\C/C=C\C/C=C\C/C=C\C/C=C\C/C=C\C/C=C\CCCCCCCCCCC(=O)OCC(COC(=O)CCCCCCCCC)OC(=O)CCCCCCCCCCCC/C=C\C/C=C\C/C=C\CCCCCCC. The molecule has 0 rings (SSSR count). The summed E-state index contributed by atoms with van der Waals surface area (Å²) in [5.74, 6) is -0.897. The highest BCUT2D eigenvalue weighted by Gasteiger charge is 2.19. The van der Waals surface area contributed by atoms with Crippen LogP contribution in [0.3, 0.4) is 0 Å². The summed E-state index contributed by atoms with van der Waals surface area (Å²) in [5.41, 5.74) is 0. The molecule has 0 saturated heterocycles. The van der Waals surface area contributed by atoms with E-state index < -0.39 is 6.10 Å². The fourth-order valence-electron chi connectivity index (χ4n) is 9.47. The van der Waals surface area contributed by atoms with Crippen molar-refractivity contribution in [3.05, 3.63) is 134 Å². The molecule has 0 aliphatic heterocycles. The predicted molar refractivity (Wildman–Crippen MR) is 362 cm³/mol. The summed E-state index contributed by atoms with van der Waals surface area (Å²) in [7, 11) is 0. The number of hydrogen-bond acceptors (Lipinski definition) is 6. The molecule has 0 aliphatic rings. The van der Waals surface area contributed by atoms with Gasteiger partial charge in [0.25, 0.3) is 0 Å². The van der Waals surface area contributed by atoms with Gasteiger partial charge in [-0.1, -0.05) is 309 Å². The number of esters is 3. The molecule has 0 aromatic heterocycles. The van der Waals surface area contributed by atoms with Gasteiger partial charge in [0, 0.05) is 19.3 Å². The molecule has 0 spiro atoms. The van der Waals surface area contributed by atoms with Crippen molar-refractivity contribution in [2.75, 3.05) is 13.2 Å². The third-order valence-electron chi connectivity index (χ3n) is 14.6. The molecule has 83 heavy (non-hydrogen) atoms. The van der Waals surface area contributed by atoms with Gasteiger partial charge in [0.05, 0.1) is 0 Å². The zero-order valence-electron chi connectivity index (χ0n) is 54.2. The van der Waals surface area contributed by atoms with E-state index in [-0.39, 0.29) is 31.1 Å². The molecular formula is C77H128O6.